The van der Waals surface area contributed by atoms with Crippen LogP contribution in [0.2, 0.25) is 0 Å². The molecule has 4 heteroatoms. The van der Waals surface area contributed by atoms with Crippen molar-refractivity contribution in [2.24, 2.45) is 5.73 Å². The van der Waals surface area contributed by atoms with E-state index in [1.54, 1.807) is 18.0 Å². The van der Waals surface area contributed by atoms with E-state index in [2.05, 4.69) is 10.4 Å². The Morgan fingerprint density at radius 1 is 1.62 bits per heavy atom. The molecule has 0 radical (unpaired) electrons. The Balaban J connectivity index is 2.29. The van der Waals surface area contributed by atoms with Crippen LogP contribution in [-0.2, 0) is 0 Å². The Labute approximate surface area is 81.6 Å². The molecule has 13 heavy (non-hydrogen) atoms. The molecule has 0 aliphatic carbocycles. The van der Waals surface area contributed by atoms with E-state index in [0.717, 1.165) is 11.3 Å². The average Bonchev–Trinajstić information content (AvgIpc) is 2.49. The molecule has 3 nitrogen and oxygen atoms in total. The van der Waals surface area contributed by atoms with Crippen LogP contribution in [0.1, 0.15) is 5.56 Å². The van der Waals surface area contributed by atoms with E-state index < -0.39 is 0 Å². The predicted molar refractivity (Wildman–Crippen MR) is 55.5 cm³/mol. The second-order valence-corrected chi connectivity index (χ2v) is 3.87. The third kappa shape index (κ3) is 1.55. The Hall–Kier alpha value is -1.00. The lowest BCUT2D eigenvalue weighted by molar-refractivity contribution is 0.468. The molecule has 2 rings (SSSR count). The molecule has 0 fully saturated rings. The van der Waals surface area contributed by atoms with Gasteiger partial charge >= 0.3 is 0 Å². The fourth-order valence-corrected chi connectivity index (χ4v) is 2.10. The molecule has 1 atom stereocenters. The zero-order valence-electron chi connectivity index (χ0n) is 7.34. The van der Waals surface area contributed by atoms with Crippen molar-refractivity contribution in [2.75, 3.05) is 7.05 Å². The lowest BCUT2D eigenvalue weighted by Crippen LogP contribution is -2.30. The molecular formula is C9H11N3S. The molecule has 1 aliphatic rings. The number of nitrogens with zero attached hydrogens (tertiary/aromatic N) is 2. The van der Waals surface area contributed by atoms with Crippen LogP contribution in [0, 0.1) is 0 Å². The van der Waals surface area contributed by atoms with Crippen molar-refractivity contribution in [3.63, 3.8) is 0 Å². The molecule has 1 aromatic rings. The number of aromatic nitrogens is 1. The first-order valence-corrected chi connectivity index (χ1v) is 4.98. The van der Waals surface area contributed by atoms with Crippen molar-refractivity contribution in [1.82, 2.24) is 9.88 Å². The Bertz CT molecular complexity index is 323. The molecule has 0 spiro atoms. The van der Waals surface area contributed by atoms with Crippen LogP contribution in [0.25, 0.3) is 5.70 Å². The summed E-state index contributed by atoms with van der Waals surface area (Å²) in [6, 6.07) is 3.96. The van der Waals surface area contributed by atoms with E-state index in [1.165, 1.54) is 0 Å². The first kappa shape index (κ1) is 8.59. The van der Waals surface area contributed by atoms with Crippen LogP contribution in [0.3, 0.4) is 0 Å². The second-order valence-electron chi connectivity index (χ2n) is 2.88. The molecule has 0 aromatic carbocycles. The van der Waals surface area contributed by atoms with Crippen molar-refractivity contribution >= 4 is 17.5 Å². The van der Waals surface area contributed by atoms with Gasteiger partial charge in [0.05, 0.1) is 5.70 Å². The van der Waals surface area contributed by atoms with Crippen molar-refractivity contribution in [1.29, 1.82) is 0 Å². The monoisotopic (exact) mass is 193 g/mol. The van der Waals surface area contributed by atoms with Gasteiger partial charge in [-0.15, -0.1) is 0 Å². The minimum atomic E-state index is 0.0372. The van der Waals surface area contributed by atoms with Gasteiger partial charge in [-0.2, -0.15) is 0 Å². The standard InChI is InChI=1S/C9H11N3S/c1-12-8(6-13-9(12)10)7-3-2-4-11-5-7/h2-6,9H,10H2,1H3. The number of rotatable bonds is 1. The van der Waals surface area contributed by atoms with Crippen LogP contribution in [-0.4, -0.2) is 22.4 Å². The summed E-state index contributed by atoms with van der Waals surface area (Å²) < 4.78 is 0. The highest BCUT2D eigenvalue weighted by atomic mass is 32.2. The molecule has 0 amide bonds. The summed E-state index contributed by atoms with van der Waals surface area (Å²) in [5.41, 5.74) is 8.12. The Kier molecular flexibility index (Phi) is 2.24. The van der Waals surface area contributed by atoms with Gasteiger partial charge in [0.15, 0.2) is 0 Å². The van der Waals surface area contributed by atoms with Gasteiger partial charge < -0.3 is 10.6 Å². The van der Waals surface area contributed by atoms with Crippen molar-refractivity contribution in [2.45, 2.75) is 5.50 Å². The normalized spacial score (nSPS) is 21.8. The van der Waals surface area contributed by atoms with Crippen LogP contribution in [0.4, 0.5) is 0 Å². The smallest absolute Gasteiger partial charge is 0.129 e. The van der Waals surface area contributed by atoms with Gasteiger partial charge in [0.25, 0.3) is 0 Å². The van der Waals surface area contributed by atoms with Gasteiger partial charge in [-0.3, -0.25) is 4.98 Å². The van der Waals surface area contributed by atoms with E-state index in [-0.39, 0.29) is 5.50 Å². The molecule has 0 saturated heterocycles. The first-order chi connectivity index (χ1) is 6.29. The summed E-state index contributed by atoms with van der Waals surface area (Å²) >= 11 is 1.62. The first-order valence-electron chi connectivity index (χ1n) is 4.03. The number of thioether (sulfide) groups is 1. The highest BCUT2D eigenvalue weighted by Gasteiger charge is 2.20. The quantitative estimate of drug-likeness (QED) is 0.730. The number of pyridine rings is 1. The summed E-state index contributed by atoms with van der Waals surface area (Å²) in [7, 11) is 1.99. The topological polar surface area (TPSA) is 42.2 Å². The maximum atomic E-state index is 5.82. The number of nitrogens with two attached hydrogens (primary N) is 1. The minimum absolute atomic E-state index is 0.0372. The van der Waals surface area contributed by atoms with E-state index in [1.807, 2.05) is 30.3 Å². The summed E-state index contributed by atoms with van der Waals surface area (Å²) in [4.78, 5) is 6.11. The zero-order chi connectivity index (χ0) is 9.26. The SMILES string of the molecule is CN1C(c2cccnc2)=CSC1N. The second kappa shape index (κ2) is 3.40. The maximum absolute atomic E-state index is 5.82. The zero-order valence-corrected chi connectivity index (χ0v) is 8.16. The minimum Gasteiger partial charge on any atom is -0.349 e. The molecule has 2 N–H and O–H groups in total. The van der Waals surface area contributed by atoms with Gasteiger partial charge in [-0.1, -0.05) is 11.8 Å². The highest BCUT2D eigenvalue weighted by Crippen LogP contribution is 2.31. The predicted octanol–water partition coefficient (Wildman–Crippen LogP) is 1.30. The molecule has 1 aliphatic heterocycles. The van der Waals surface area contributed by atoms with E-state index in [4.69, 9.17) is 5.73 Å². The largest absolute Gasteiger partial charge is 0.349 e. The third-order valence-corrected chi connectivity index (χ3v) is 2.99. The Morgan fingerprint density at radius 3 is 3.00 bits per heavy atom. The van der Waals surface area contributed by atoms with Gasteiger partial charge in [-0.05, 0) is 17.5 Å². The number of hydrogen-bond acceptors (Lipinski definition) is 4. The molecule has 1 unspecified atom stereocenters. The molecule has 0 saturated carbocycles. The number of hydrogen-bond donors (Lipinski definition) is 1. The van der Waals surface area contributed by atoms with Crippen LogP contribution < -0.4 is 5.73 Å². The molecule has 68 valence electrons. The third-order valence-electron chi connectivity index (χ3n) is 2.04. The van der Waals surface area contributed by atoms with Gasteiger partial charge in [0.1, 0.15) is 5.50 Å². The lowest BCUT2D eigenvalue weighted by atomic mass is 10.2. The summed E-state index contributed by atoms with van der Waals surface area (Å²) in [5, 5.41) is 2.07. The van der Waals surface area contributed by atoms with E-state index in [0.29, 0.717) is 0 Å². The van der Waals surface area contributed by atoms with Crippen LogP contribution in [0.15, 0.2) is 29.9 Å². The van der Waals surface area contributed by atoms with Crippen molar-refractivity contribution in [3.8, 4) is 0 Å². The van der Waals surface area contributed by atoms with E-state index in [9.17, 15) is 0 Å². The maximum Gasteiger partial charge on any atom is 0.129 e. The molecule has 1 aromatic heterocycles. The fourth-order valence-electron chi connectivity index (χ4n) is 1.23. The summed E-state index contributed by atoms with van der Waals surface area (Å²) in [6.45, 7) is 0. The van der Waals surface area contributed by atoms with Crippen molar-refractivity contribution < 1.29 is 0 Å². The highest BCUT2D eigenvalue weighted by molar-refractivity contribution is 8.03. The average molecular weight is 193 g/mol. The Morgan fingerprint density at radius 2 is 2.46 bits per heavy atom. The van der Waals surface area contributed by atoms with E-state index >= 15 is 0 Å². The van der Waals surface area contributed by atoms with Crippen molar-refractivity contribution in [3.05, 3.63) is 35.5 Å². The van der Waals surface area contributed by atoms with Gasteiger partial charge in [0.2, 0.25) is 0 Å². The van der Waals surface area contributed by atoms with Gasteiger partial charge in [0, 0.05) is 25.0 Å². The fraction of sp³-hybridized carbons (Fsp3) is 0.222. The summed E-state index contributed by atoms with van der Waals surface area (Å²) in [6.07, 6.45) is 3.62. The van der Waals surface area contributed by atoms with Crippen LogP contribution in [0.5, 0.6) is 0 Å². The lowest BCUT2D eigenvalue weighted by Gasteiger charge is -2.20. The van der Waals surface area contributed by atoms with Gasteiger partial charge in [-0.25, -0.2) is 0 Å². The van der Waals surface area contributed by atoms with Crippen LogP contribution >= 0.6 is 11.8 Å². The molecular weight excluding hydrogens is 182 g/mol. The summed E-state index contributed by atoms with van der Waals surface area (Å²) in [5.74, 6) is 0. The molecule has 0 bridgehead atoms. The molecule has 2 heterocycles.